The van der Waals surface area contributed by atoms with Crippen LogP contribution in [0.2, 0.25) is 0 Å². The number of aromatic nitrogens is 2. The lowest BCUT2D eigenvalue weighted by molar-refractivity contribution is 0.304. The molecule has 2 aromatic carbocycles. The van der Waals surface area contributed by atoms with Crippen LogP contribution in [0.25, 0.3) is 11.4 Å². The second kappa shape index (κ2) is 9.17. The standard InChI is InChI=1S/C22H23FN2O3/c1-2-17(23)10-13-19-21(26)24-20(25-22(19)27)16-8-11-18(12-9-16)28-14-15-6-4-3-5-7-15/h3-9,11-12,17H,2,10,13-14H2,1H3,(H2,24,25,26,27). The molecule has 28 heavy (non-hydrogen) atoms. The van der Waals surface area contributed by atoms with Crippen molar-refractivity contribution in [2.45, 2.75) is 39.0 Å². The summed E-state index contributed by atoms with van der Waals surface area (Å²) in [4.78, 5) is 19.0. The summed E-state index contributed by atoms with van der Waals surface area (Å²) in [5.74, 6) is 0.587. The molecule has 6 heteroatoms. The summed E-state index contributed by atoms with van der Waals surface area (Å²) in [7, 11) is 0. The van der Waals surface area contributed by atoms with E-state index < -0.39 is 11.7 Å². The third-order valence-corrected chi connectivity index (χ3v) is 4.52. The van der Waals surface area contributed by atoms with E-state index in [0.717, 1.165) is 5.56 Å². The molecule has 0 radical (unpaired) electrons. The van der Waals surface area contributed by atoms with Gasteiger partial charge in [-0.2, -0.15) is 4.98 Å². The van der Waals surface area contributed by atoms with Crippen LogP contribution in [-0.4, -0.2) is 21.2 Å². The minimum absolute atomic E-state index is 0.114. The first-order valence-corrected chi connectivity index (χ1v) is 9.30. The Morgan fingerprint density at radius 3 is 2.50 bits per heavy atom. The highest BCUT2D eigenvalue weighted by Gasteiger charge is 2.14. The fraction of sp³-hybridized carbons (Fsp3) is 0.273. The summed E-state index contributed by atoms with van der Waals surface area (Å²) in [6, 6.07) is 16.9. The van der Waals surface area contributed by atoms with Gasteiger partial charge in [0.05, 0.1) is 5.56 Å². The predicted molar refractivity (Wildman–Crippen MR) is 106 cm³/mol. The maximum atomic E-state index is 13.4. The van der Waals surface area contributed by atoms with Gasteiger partial charge in [0.15, 0.2) is 0 Å². The van der Waals surface area contributed by atoms with Crippen LogP contribution in [0.3, 0.4) is 0 Å². The molecule has 2 N–H and O–H groups in total. The van der Waals surface area contributed by atoms with E-state index in [1.165, 1.54) is 0 Å². The average molecular weight is 382 g/mol. The number of nitrogens with zero attached hydrogens (tertiary/aromatic N) is 1. The van der Waals surface area contributed by atoms with Gasteiger partial charge < -0.3 is 14.8 Å². The Labute approximate surface area is 162 Å². The zero-order chi connectivity index (χ0) is 19.9. The maximum absolute atomic E-state index is 13.4. The van der Waals surface area contributed by atoms with Crippen LogP contribution in [0.15, 0.2) is 59.4 Å². The molecule has 5 nitrogen and oxygen atoms in total. The molecule has 0 spiro atoms. The van der Waals surface area contributed by atoms with Crippen LogP contribution >= 0.6 is 0 Å². The predicted octanol–water partition coefficient (Wildman–Crippen LogP) is 4.40. The Hall–Kier alpha value is -3.15. The van der Waals surface area contributed by atoms with Gasteiger partial charge in [0.25, 0.3) is 5.56 Å². The van der Waals surface area contributed by atoms with Gasteiger partial charge in [0, 0.05) is 5.56 Å². The highest BCUT2D eigenvalue weighted by Crippen LogP contribution is 2.22. The molecule has 0 aliphatic rings. The SMILES string of the molecule is CCC(F)CCc1c(O)nc(-c2ccc(OCc3ccccc3)cc2)[nH]c1=O. The molecule has 1 atom stereocenters. The first-order chi connectivity index (χ1) is 13.6. The number of benzene rings is 2. The largest absolute Gasteiger partial charge is 0.493 e. The third-order valence-electron chi connectivity index (χ3n) is 4.52. The molecule has 0 amide bonds. The highest BCUT2D eigenvalue weighted by atomic mass is 19.1. The van der Waals surface area contributed by atoms with E-state index in [1.54, 1.807) is 31.2 Å². The zero-order valence-corrected chi connectivity index (χ0v) is 15.7. The number of hydrogen-bond donors (Lipinski definition) is 2. The van der Waals surface area contributed by atoms with E-state index in [1.807, 2.05) is 30.3 Å². The number of halogens is 1. The lowest BCUT2D eigenvalue weighted by Gasteiger charge is -2.09. The molecular weight excluding hydrogens is 359 g/mol. The molecule has 0 aliphatic heterocycles. The minimum atomic E-state index is -0.998. The monoisotopic (exact) mass is 382 g/mol. The van der Waals surface area contributed by atoms with Crippen molar-refractivity contribution in [3.63, 3.8) is 0 Å². The number of alkyl halides is 1. The molecule has 0 fully saturated rings. The quantitative estimate of drug-likeness (QED) is 0.605. The van der Waals surface area contributed by atoms with Crippen molar-refractivity contribution in [2.75, 3.05) is 0 Å². The fourth-order valence-electron chi connectivity index (χ4n) is 2.80. The van der Waals surface area contributed by atoms with Crippen molar-refractivity contribution >= 4 is 0 Å². The van der Waals surface area contributed by atoms with Crippen LogP contribution in [0, 0.1) is 0 Å². The topological polar surface area (TPSA) is 75.2 Å². The number of ether oxygens (including phenoxy) is 1. The number of rotatable bonds is 8. The number of aromatic amines is 1. The molecule has 3 rings (SSSR count). The Morgan fingerprint density at radius 1 is 1.14 bits per heavy atom. The Bertz CT molecular complexity index is 956. The van der Waals surface area contributed by atoms with Crippen molar-refractivity contribution in [1.82, 2.24) is 9.97 Å². The van der Waals surface area contributed by atoms with Gasteiger partial charge in [-0.25, -0.2) is 4.39 Å². The van der Waals surface area contributed by atoms with Gasteiger partial charge in [-0.15, -0.1) is 0 Å². The van der Waals surface area contributed by atoms with E-state index >= 15 is 0 Å². The molecule has 3 aromatic rings. The fourth-order valence-corrected chi connectivity index (χ4v) is 2.80. The maximum Gasteiger partial charge on any atom is 0.258 e. The lowest BCUT2D eigenvalue weighted by Crippen LogP contribution is -2.16. The smallest absolute Gasteiger partial charge is 0.258 e. The lowest BCUT2D eigenvalue weighted by atomic mass is 10.1. The molecule has 0 saturated carbocycles. The average Bonchev–Trinajstić information content (AvgIpc) is 2.72. The Balaban J connectivity index is 1.70. The van der Waals surface area contributed by atoms with Crippen LogP contribution in [0.1, 0.15) is 30.9 Å². The van der Waals surface area contributed by atoms with Crippen molar-refractivity contribution in [1.29, 1.82) is 0 Å². The van der Waals surface area contributed by atoms with Gasteiger partial charge in [0.2, 0.25) is 5.88 Å². The van der Waals surface area contributed by atoms with Gasteiger partial charge in [-0.1, -0.05) is 37.3 Å². The molecule has 146 valence electrons. The first kappa shape index (κ1) is 19.6. The molecular formula is C22H23FN2O3. The molecule has 0 aliphatic carbocycles. The van der Waals surface area contributed by atoms with Crippen molar-refractivity contribution in [3.05, 3.63) is 76.1 Å². The summed E-state index contributed by atoms with van der Waals surface area (Å²) in [5, 5.41) is 10.1. The second-order valence-electron chi connectivity index (χ2n) is 6.56. The summed E-state index contributed by atoms with van der Waals surface area (Å²) < 4.78 is 19.1. The molecule has 1 unspecified atom stereocenters. The van der Waals surface area contributed by atoms with E-state index in [9.17, 15) is 14.3 Å². The number of nitrogens with one attached hydrogen (secondary N) is 1. The van der Waals surface area contributed by atoms with Crippen molar-refractivity contribution < 1.29 is 14.2 Å². The third kappa shape index (κ3) is 4.97. The number of H-pyrrole nitrogens is 1. The summed E-state index contributed by atoms with van der Waals surface area (Å²) >= 11 is 0. The van der Waals surface area contributed by atoms with Crippen LogP contribution in [0.5, 0.6) is 11.6 Å². The van der Waals surface area contributed by atoms with E-state index in [4.69, 9.17) is 4.74 Å². The van der Waals surface area contributed by atoms with Gasteiger partial charge >= 0.3 is 0 Å². The Kier molecular flexibility index (Phi) is 6.42. The van der Waals surface area contributed by atoms with Gasteiger partial charge in [0.1, 0.15) is 24.4 Å². The second-order valence-corrected chi connectivity index (χ2v) is 6.56. The van der Waals surface area contributed by atoms with Crippen LogP contribution in [0.4, 0.5) is 4.39 Å². The van der Waals surface area contributed by atoms with E-state index in [-0.39, 0.29) is 30.1 Å². The van der Waals surface area contributed by atoms with E-state index in [0.29, 0.717) is 24.3 Å². The summed E-state index contributed by atoms with van der Waals surface area (Å²) in [5.41, 5.74) is 1.37. The van der Waals surface area contributed by atoms with Crippen molar-refractivity contribution in [2.24, 2.45) is 0 Å². The van der Waals surface area contributed by atoms with Gasteiger partial charge in [-0.05, 0) is 49.1 Å². The van der Waals surface area contributed by atoms with Crippen molar-refractivity contribution in [3.8, 4) is 23.0 Å². The summed E-state index contributed by atoms with van der Waals surface area (Å²) in [6.45, 7) is 2.20. The first-order valence-electron chi connectivity index (χ1n) is 9.30. The minimum Gasteiger partial charge on any atom is -0.493 e. The van der Waals surface area contributed by atoms with Gasteiger partial charge in [-0.3, -0.25) is 4.79 Å². The molecule has 1 aromatic heterocycles. The highest BCUT2D eigenvalue weighted by molar-refractivity contribution is 5.57. The Morgan fingerprint density at radius 2 is 1.86 bits per heavy atom. The summed E-state index contributed by atoms with van der Waals surface area (Å²) in [6.07, 6.45) is -0.290. The number of aromatic hydroxyl groups is 1. The van der Waals surface area contributed by atoms with Crippen LogP contribution < -0.4 is 10.3 Å². The molecule has 0 saturated heterocycles. The van der Waals surface area contributed by atoms with Crippen LogP contribution in [-0.2, 0) is 13.0 Å². The van der Waals surface area contributed by atoms with E-state index in [2.05, 4.69) is 9.97 Å². The number of hydrogen-bond acceptors (Lipinski definition) is 4. The normalized spacial score (nSPS) is 11.9. The molecule has 1 heterocycles. The molecule has 0 bridgehead atoms. The zero-order valence-electron chi connectivity index (χ0n) is 15.7.